The van der Waals surface area contributed by atoms with E-state index in [1.54, 1.807) is 12.1 Å². The van der Waals surface area contributed by atoms with Gasteiger partial charge in [0.15, 0.2) is 11.5 Å². The standard InChI is InChI=1S/C14H20ClNO3/c1-19-13-7-10(15)6-9(14(13)18)8-16-11-2-4-12(17)5-3-11/h6-7,11-12,16-18H,2-5,8H2,1H3. The van der Waals surface area contributed by atoms with Crippen LogP contribution in [0.4, 0.5) is 0 Å². The average Bonchev–Trinajstić information content (AvgIpc) is 2.41. The van der Waals surface area contributed by atoms with E-state index in [0.717, 1.165) is 31.2 Å². The summed E-state index contributed by atoms with van der Waals surface area (Å²) in [5.74, 6) is 0.526. The molecule has 19 heavy (non-hydrogen) atoms. The molecule has 5 heteroatoms. The first-order valence-corrected chi connectivity index (χ1v) is 6.94. The summed E-state index contributed by atoms with van der Waals surface area (Å²) in [7, 11) is 1.51. The van der Waals surface area contributed by atoms with Gasteiger partial charge in [-0.15, -0.1) is 0 Å². The Morgan fingerprint density at radius 2 is 2.00 bits per heavy atom. The molecule has 0 bridgehead atoms. The number of phenols is 1. The molecule has 0 saturated heterocycles. The molecule has 1 fully saturated rings. The third-order valence-electron chi connectivity index (χ3n) is 3.62. The first-order chi connectivity index (χ1) is 9.10. The quantitative estimate of drug-likeness (QED) is 0.795. The largest absolute Gasteiger partial charge is 0.504 e. The molecule has 0 amide bonds. The Morgan fingerprint density at radius 1 is 1.32 bits per heavy atom. The predicted octanol–water partition coefficient (Wildman–Crippen LogP) is 2.45. The van der Waals surface area contributed by atoms with Crippen LogP contribution in [-0.2, 0) is 6.54 Å². The number of rotatable bonds is 4. The monoisotopic (exact) mass is 285 g/mol. The minimum Gasteiger partial charge on any atom is -0.504 e. The van der Waals surface area contributed by atoms with E-state index in [-0.39, 0.29) is 11.9 Å². The number of hydrogen-bond acceptors (Lipinski definition) is 4. The van der Waals surface area contributed by atoms with Gasteiger partial charge in [0.1, 0.15) is 0 Å². The van der Waals surface area contributed by atoms with Gasteiger partial charge in [-0.2, -0.15) is 0 Å². The summed E-state index contributed by atoms with van der Waals surface area (Å²) in [4.78, 5) is 0. The summed E-state index contributed by atoms with van der Waals surface area (Å²) in [6, 6.07) is 3.72. The van der Waals surface area contributed by atoms with Crippen molar-refractivity contribution in [1.29, 1.82) is 0 Å². The lowest BCUT2D eigenvalue weighted by Crippen LogP contribution is -2.34. The molecule has 3 N–H and O–H groups in total. The second kappa shape index (κ2) is 6.46. The summed E-state index contributed by atoms with van der Waals surface area (Å²) in [5.41, 5.74) is 0.732. The summed E-state index contributed by atoms with van der Waals surface area (Å²) >= 11 is 5.99. The van der Waals surface area contributed by atoms with Crippen LogP contribution in [-0.4, -0.2) is 29.5 Å². The van der Waals surface area contributed by atoms with Gasteiger partial charge in [-0.25, -0.2) is 0 Å². The highest BCUT2D eigenvalue weighted by Gasteiger charge is 2.19. The number of aromatic hydroxyl groups is 1. The Kier molecular flexibility index (Phi) is 4.91. The molecule has 0 heterocycles. The van der Waals surface area contributed by atoms with Crippen LogP contribution in [0, 0.1) is 0 Å². The smallest absolute Gasteiger partial charge is 0.162 e. The van der Waals surface area contributed by atoms with Crippen molar-refractivity contribution in [3.8, 4) is 11.5 Å². The zero-order valence-electron chi connectivity index (χ0n) is 11.0. The third kappa shape index (κ3) is 3.75. The molecule has 1 aromatic carbocycles. The predicted molar refractivity (Wildman–Crippen MR) is 74.8 cm³/mol. The number of halogens is 1. The first-order valence-electron chi connectivity index (χ1n) is 6.57. The van der Waals surface area contributed by atoms with Crippen molar-refractivity contribution in [2.75, 3.05) is 7.11 Å². The van der Waals surface area contributed by atoms with E-state index >= 15 is 0 Å². The highest BCUT2D eigenvalue weighted by molar-refractivity contribution is 6.30. The summed E-state index contributed by atoms with van der Waals surface area (Å²) < 4.78 is 5.08. The van der Waals surface area contributed by atoms with Crippen molar-refractivity contribution < 1.29 is 14.9 Å². The number of nitrogens with one attached hydrogen (secondary N) is 1. The van der Waals surface area contributed by atoms with Gasteiger partial charge >= 0.3 is 0 Å². The van der Waals surface area contributed by atoms with Crippen molar-refractivity contribution in [3.05, 3.63) is 22.7 Å². The van der Waals surface area contributed by atoms with E-state index in [4.69, 9.17) is 16.3 Å². The summed E-state index contributed by atoms with van der Waals surface area (Å²) in [6.45, 7) is 0.545. The minimum absolute atomic E-state index is 0.134. The normalized spacial score (nSPS) is 23.3. The zero-order valence-corrected chi connectivity index (χ0v) is 11.8. The second-order valence-corrected chi connectivity index (χ2v) is 5.44. The average molecular weight is 286 g/mol. The first kappa shape index (κ1) is 14.4. The lowest BCUT2D eigenvalue weighted by Gasteiger charge is -2.26. The Morgan fingerprint density at radius 3 is 2.63 bits per heavy atom. The summed E-state index contributed by atoms with van der Waals surface area (Å²) in [6.07, 6.45) is 3.43. The lowest BCUT2D eigenvalue weighted by atomic mass is 9.93. The fraction of sp³-hybridized carbons (Fsp3) is 0.571. The molecule has 0 atom stereocenters. The molecule has 1 aliphatic rings. The van der Waals surface area contributed by atoms with Crippen LogP contribution < -0.4 is 10.1 Å². The van der Waals surface area contributed by atoms with Crippen LogP contribution in [0.15, 0.2) is 12.1 Å². The van der Waals surface area contributed by atoms with E-state index in [2.05, 4.69) is 5.32 Å². The van der Waals surface area contributed by atoms with Crippen LogP contribution in [0.1, 0.15) is 31.2 Å². The fourth-order valence-electron chi connectivity index (χ4n) is 2.45. The molecular formula is C14H20ClNO3. The van der Waals surface area contributed by atoms with Crippen molar-refractivity contribution in [2.24, 2.45) is 0 Å². The molecule has 4 nitrogen and oxygen atoms in total. The van der Waals surface area contributed by atoms with E-state index in [0.29, 0.717) is 23.4 Å². The van der Waals surface area contributed by atoms with E-state index in [9.17, 15) is 10.2 Å². The molecular weight excluding hydrogens is 266 g/mol. The van der Waals surface area contributed by atoms with Gasteiger partial charge in [0, 0.05) is 29.2 Å². The number of ether oxygens (including phenoxy) is 1. The van der Waals surface area contributed by atoms with Gasteiger partial charge in [-0.05, 0) is 31.7 Å². The molecule has 0 radical (unpaired) electrons. The molecule has 106 valence electrons. The molecule has 0 aromatic heterocycles. The highest BCUT2D eigenvalue weighted by atomic mass is 35.5. The number of benzene rings is 1. The Labute approximate surface area is 118 Å². The zero-order chi connectivity index (χ0) is 13.8. The van der Waals surface area contributed by atoms with Gasteiger partial charge < -0.3 is 20.3 Å². The molecule has 1 saturated carbocycles. The highest BCUT2D eigenvalue weighted by Crippen LogP contribution is 2.33. The minimum atomic E-state index is -0.155. The number of hydrogen-bond donors (Lipinski definition) is 3. The Bertz CT molecular complexity index is 431. The topological polar surface area (TPSA) is 61.7 Å². The van der Waals surface area contributed by atoms with Crippen molar-refractivity contribution in [1.82, 2.24) is 5.32 Å². The molecule has 0 aliphatic heterocycles. The van der Waals surface area contributed by atoms with E-state index in [1.807, 2.05) is 0 Å². The van der Waals surface area contributed by atoms with Gasteiger partial charge in [-0.1, -0.05) is 11.6 Å². The van der Waals surface area contributed by atoms with Crippen LogP contribution in [0.2, 0.25) is 5.02 Å². The third-order valence-corrected chi connectivity index (χ3v) is 3.83. The SMILES string of the molecule is COc1cc(Cl)cc(CNC2CCC(O)CC2)c1O. The molecule has 1 aromatic rings. The number of methoxy groups -OCH3 is 1. The maximum absolute atomic E-state index is 10.0. The molecule has 0 unspecified atom stereocenters. The van der Waals surface area contributed by atoms with Crippen LogP contribution in [0.3, 0.4) is 0 Å². The Balaban J connectivity index is 1.97. The number of aliphatic hydroxyl groups excluding tert-OH is 1. The van der Waals surface area contributed by atoms with E-state index < -0.39 is 0 Å². The van der Waals surface area contributed by atoms with Crippen LogP contribution in [0.25, 0.3) is 0 Å². The maximum atomic E-state index is 10.0. The fourth-order valence-corrected chi connectivity index (χ4v) is 2.68. The second-order valence-electron chi connectivity index (χ2n) is 5.00. The molecule has 0 spiro atoms. The van der Waals surface area contributed by atoms with Gasteiger partial charge in [0.05, 0.1) is 13.2 Å². The van der Waals surface area contributed by atoms with Crippen LogP contribution >= 0.6 is 11.6 Å². The van der Waals surface area contributed by atoms with Gasteiger partial charge in [-0.3, -0.25) is 0 Å². The summed E-state index contributed by atoms with van der Waals surface area (Å²) in [5, 5.41) is 23.4. The lowest BCUT2D eigenvalue weighted by molar-refractivity contribution is 0.116. The molecule has 2 rings (SSSR count). The van der Waals surface area contributed by atoms with Gasteiger partial charge in [0.2, 0.25) is 0 Å². The van der Waals surface area contributed by atoms with Crippen molar-refractivity contribution in [2.45, 2.75) is 44.4 Å². The molecule has 1 aliphatic carbocycles. The number of aliphatic hydroxyl groups is 1. The van der Waals surface area contributed by atoms with Crippen molar-refractivity contribution >= 4 is 11.6 Å². The van der Waals surface area contributed by atoms with Crippen molar-refractivity contribution in [3.63, 3.8) is 0 Å². The number of phenolic OH excluding ortho intramolecular Hbond substituents is 1. The maximum Gasteiger partial charge on any atom is 0.162 e. The van der Waals surface area contributed by atoms with E-state index in [1.165, 1.54) is 7.11 Å². The van der Waals surface area contributed by atoms with Gasteiger partial charge in [0.25, 0.3) is 0 Å². The Hall–Kier alpha value is -0.970. The van der Waals surface area contributed by atoms with Crippen LogP contribution in [0.5, 0.6) is 11.5 Å².